The van der Waals surface area contributed by atoms with Crippen LogP contribution in [0.2, 0.25) is 0 Å². The first-order chi connectivity index (χ1) is 17.1. The molecule has 1 aliphatic carbocycles. The first-order valence-electron chi connectivity index (χ1n) is 12.2. The molecule has 2 aliphatic rings. The van der Waals surface area contributed by atoms with Gasteiger partial charge >= 0.3 is 6.18 Å². The highest BCUT2D eigenvalue weighted by atomic mass is 32.2. The SMILES string of the molecule is C[C@H](CC(F)(F)F)C(=O)N1CCC(O)(Cn2ccc3nc(N=S(C)(C)=O)ncc3c2=O)C2(CCCC2)C1. The van der Waals surface area contributed by atoms with Gasteiger partial charge in [0.2, 0.25) is 5.91 Å². The van der Waals surface area contributed by atoms with Crippen LogP contribution in [0.15, 0.2) is 27.6 Å². The molecule has 2 aromatic rings. The molecule has 1 unspecified atom stereocenters. The minimum Gasteiger partial charge on any atom is -0.387 e. The number of fused-ring (bicyclic) bond motifs is 1. The minimum atomic E-state index is -4.43. The van der Waals surface area contributed by atoms with E-state index in [0.29, 0.717) is 18.4 Å². The number of hydrogen-bond acceptors (Lipinski definition) is 7. The lowest BCUT2D eigenvalue weighted by Gasteiger charge is -2.52. The van der Waals surface area contributed by atoms with Crippen LogP contribution in [-0.2, 0) is 21.1 Å². The van der Waals surface area contributed by atoms with Gasteiger partial charge in [-0.2, -0.15) is 17.5 Å². The molecule has 1 saturated carbocycles. The Balaban J connectivity index is 1.61. The van der Waals surface area contributed by atoms with E-state index in [1.165, 1.54) is 41.3 Å². The predicted octanol–water partition coefficient (Wildman–Crippen LogP) is 3.26. The Morgan fingerprint density at radius 1 is 1.27 bits per heavy atom. The molecular formula is C24H32F3N5O4S. The maximum atomic E-state index is 13.3. The topological polar surface area (TPSA) is 118 Å². The quantitative estimate of drug-likeness (QED) is 0.619. The van der Waals surface area contributed by atoms with Crippen molar-refractivity contribution >= 4 is 32.5 Å². The summed E-state index contributed by atoms with van der Waals surface area (Å²) in [6.45, 7) is 1.54. The third-order valence-corrected chi connectivity index (χ3v) is 8.15. The standard InChI is InChI=1S/C24H32F3N5O4S/c1-16(12-24(25,26)27)19(33)32-11-9-23(35,22(14-32)7-4-5-8-22)15-31-10-6-18-17(20(31)34)13-28-21(29-18)30-37(2,3)36/h6,10,13,16,35H,4-5,7-9,11-12,14-15H2,1-3H3/t16-,23?/m1/s1. The fourth-order valence-electron chi connectivity index (χ4n) is 5.74. The van der Waals surface area contributed by atoms with E-state index in [1.807, 2.05) is 0 Å². The van der Waals surface area contributed by atoms with Gasteiger partial charge in [0.15, 0.2) is 0 Å². The zero-order valence-corrected chi connectivity index (χ0v) is 21.9. The largest absolute Gasteiger partial charge is 0.389 e. The molecule has 9 nitrogen and oxygen atoms in total. The Hall–Kier alpha value is -2.54. The average Bonchev–Trinajstić information content (AvgIpc) is 3.25. The number of pyridine rings is 1. The van der Waals surface area contributed by atoms with E-state index in [9.17, 15) is 32.1 Å². The van der Waals surface area contributed by atoms with Crippen molar-refractivity contribution in [2.24, 2.45) is 15.7 Å². The first-order valence-corrected chi connectivity index (χ1v) is 14.6. The average molecular weight is 544 g/mol. The molecule has 1 amide bonds. The van der Waals surface area contributed by atoms with Crippen LogP contribution in [0.1, 0.15) is 45.4 Å². The summed E-state index contributed by atoms with van der Waals surface area (Å²) in [7, 11) is -2.48. The van der Waals surface area contributed by atoms with E-state index >= 15 is 0 Å². The van der Waals surface area contributed by atoms with Gasteiger partial charge < -0.3 is 14.6 Å². The molecule has 37 heavy (non-hydrogen) atoms. The summed E-state index contributed by atoms with van der Waals surface area (Å²) in [5, 5.41) is 12.1. The molecule has 13 heteroatoms. The zero-order chi connectivity index (χ0) is 27.2. The lowest BCUT2D eigenvalue weighted by molar-refractivity contribution is -0.172. The number of likely N-dealkylation sites (tertiary alicyclic amines) is 1. The number of aliphatic hydroxyl groups is 1. The van der Waals surface area contributed by atoms with Crippen LogP contribution in [0.5, 0.6) is 0 Å². The Labute approximate surface area is 213 Å². The summed E-state index contributed by atoms with van der Waals surface area (Å²) < 4.78 is 55.9. The molecule has 204 valence electrons. The van der Waals surface area contributed by atoms with Crippen LogP contribution in [0.25, 0.3) is 10.9 Å². The summed E-state index contributed by atoms with van der Waals surface area (Å²) in [6.07, 6.45) is 3.18. The van der Waals surface area contributed by atoms with E-state index in [4.69, 9.17) is 0 Å². The van der Waals surface area contributed by atoms with Crippen molar-refractivity contribution in [1.82, 2.24) is 19.4 Å². The van der Waals surface area contributed by atoms with Crippen molar-refractivity contribution in [2.75, 3.05) is 25.6 Å². The maximum Gasteiger partial charge on any atom is 0.389 e. The molecule has 2 aromatic heterocycles. The molecule has 1 N–H and O–H groups in total. The number of amides is 1. The Morgan fingerprint density at radius 3 is 2.57 bits per heavy atom. The number of aromatic nitrogens is 3. The Bertz CT molecular complexity index is 1370. The second-order valence-corrected chi connectivity index (χ2v) is 13.3. The third-order valence-electron chi connectivity index (χ3n) is 7.55. The number of halogens is 3. The summed E-state index contributed by atoms with van der Waals surface area (Å²) >= 11 is 0. The molecule has 0 radical (unpaired) electrons. The number of hydrogen-bond donors (Lipinski definition) is 1. The van der Waals surface area contributed by atoms with Crippen molar-refractivity contribution < 1.29 is 27.3 Å². The minimum absolute atomic E-state index is 0.0139. The van der Waals surface area contributed by atoms with Crippen LogP contribution in [0, 0.1) is 11.3 Å². The highest BCUT2D eigenvalue weighted by molar-refractivity contribution is 7.92. The molecule has 1 spiro atoms. The highest BCUT2D eigenvalue weighted by Gasteiger charge is 2.56. The number of piperidine rings is 1. The molecule has 3 heterocycles. The van der Waals surface area contributed by atoms with Gasteiger partial charge in [0.1, 0.15) is 0 Å². The molecule has 2 atom stereocenters. The van der Waals surface area contributed by atoms with Crippen LogP contribution >= 0.6 is 0 Å². The van der Waals surface area contributed by atoms with Crippen molar-refractivity contribution in [1.29, 1.82) is 0 Å². The molecule has 2 fully saturated rings. The summed E-state index contributed by atoms with van der Waals surface area (Å²) in [6, 6.07) is 1.60. The van der Waals surface area contributed by atoms with Gasteiger partial charge in [-0.15, -0.1) is 0 Å². The van der Waals surface area contributed by atoms with Crippen LogP contribution in [-0.4, -0.2) is 72.0 Å². The van der Waals surface area contributed by atoms with E-state index < -0.39 is 50.7 Å². The molecule has 1 aliphatic heterocycles. The second kappa shape index (κ2) is 9.64. The van der Waals surface area contributed by atoms with Gasteiger partial charge in [-0.25, -0.2) is 14.2 Å². The molecule has 0 bridgehead atoms. The molecule has 0 aromatic carbocycles. The van der Waals surface area contributed by atoms with E-state index in [1.54, 1.807) is 6.07 Å². The van der Waals surface area contributed by atoms with Gasteiger partial charge in [0.25, 0.3) is 11.5 Å². The van der Waals surface area contributed by atoms with Crippen molar-refractivity contribution in [2.45, 2.75) is 63.8 Å². The van der Waals surface area contributed by atoms with Crippen molar-refractivity contribution in [3.05, 3.63) is 28.8 Å². The second-order valence-electron chi connectivity index (χ2n) is 10.7. The molecular weight excluding hydrogens is 511 g/mol. The van der Waals surface area contributed by atoms with E-state index in [-0.39, 0.29) is 37.4 Å². The van der Waals surface area contributed by atoms with Gasteiger partial charge in [-0.1, -0.05) is 19.8 Å². The van der Waals surface area contributed by atoms with Crippen LogP contribution in [0.3, 0.4) is 0 Å². The number of rotatable bonds is 5. The number of alkyl halides is 3. The fraction of sp³-hybridized carbons (Fsp3) is 0.667. The summed E-state index contributed by atoms with van der Waals surface area (Å²) in [4.78, 5) is 35.8. The maximum absolute atomic E-state index is 13.3. The Kier molecular flexibility index (Phi) is 7.17. The summed E-state index contributed by atoms with van der Waals surface area (Å²) in [5.41, 5.74) is -2.11. The summed E-state index contributed by atoms with van der Waals surface area (Å²) in [5.74, 6) is -1.74. The Morgan fingerprint density at radius 2 is 1.95 bits per heavy atom. The van der Waals surface area contributed by atoms with E-state index in [2.05, 4.69) is 14.3 Å². The predicted molar refractivity (Wildman–Crippen MR) is 133 cm³/mol. The van der Waals surface area contributed by atoms with Crippen molar-refractivity contribution in [3.63, 3.8) is 0 Å². The van der Waals surface area contributed by atoms with Crippen LogP contribution < -0.4 is 5.56 Å². The van der Waals surface area contributed by atoms with Gasteiger partial charge in [-0.05, 0) is 25.3 Å². The first kappa shape index (κ1) is 27.5. The normalized spacial score (nSPS) is 22.9. The van der Waals surface area contributed by atoms with Gasteiger partial charge in [0.05, 0.1) is 29.5 Å². The van der Waals surface area contributed by atoms with E-state index in [0.717, 1.165) is 12.8 Å². The number of carbonyl (C=O) groups is 1. The number of carbonyl (C=O) groups excluding carboxylic acids is 1. The number of nitrogens with zero attached hydrogens (tertiary/aromatic N) is 5. The monoisotopic (exact) mass is 543 g/mol. The zero-order valence-electron chi connectivity index (χ0n) is 21.1. The lowest BCUT2D eigenvalue weighted by Crippen LogP contribution is -2.62. The lowest BCUT2D eigenvalue weighted by atomic mass is 9.65. The molecule has 1 saturated heterocycles. The van der Waals surface area contributed by atoms with Crippen molar-refractivity contribution in [3.8, 4) is 0 Å². The smallest absolute Gasteiger partial charge is 0.387 e. The van der Waals surface area contributed by atoms with Crippen LogP contribution in [0.4, 0.5) is 19.1 Å². The van der Waals surface area contributed by atoms with Gasteiger partial charge in [0, 0.05) is 59.1 Å². The highest BCUT2D eigenvalue weighted by Crippen LogP contribution is 2.51. The van der Waals surface area contributed by atoms with Gasteiger partial charge in [-0.3, -0.25) is 9.59 Å². The third kappa shape index (κ3) is 5.82. The molecule has 4 rings (SSSR count). The fourth-order valence-corrected chi connectivity index (χ4v) is 6.22.